The topological polar surface area (TPSA) is 17.1 Å². The van der Waals surface area contributed by atoms with Crippen LogP contribution in [-0.4, -0.2) is 14.8 Å². The summed E-state index contributed by atoms with van der Waals surface area (Å²) in [5.74, 6) is 0. The molecule has 54 valence electrons. The van der Waals surface area contributed by atoms with Gasteiger partial charge in [0.1, 0.15) is 0 Å². The van der Waals surface area contributed by atoms with Crippen LogP contribution in [0.2, 0.25) is 0 Å². The van der Waals surface area contributed by atoms with E-state index < -0.39 is 0 Å². The van der Waals surface area contributed by atoms with E-state index in [4.69, 9.17) is 0 Å². The standard InChI is InChI=1S/C5H7Br3O/c6-3-1-2-4(7)5(8)9/h4H,1-3H2/t4-/m0/s1. The smallest absolute Gasteiger partial charge is 0.211 e. The molecule has 0 radical (unpaired) electrons. The summed E-state index contributed by atoms with van der Waals surface area (Å²) in [5, 5.41) is 0.954. The number of alkyl halides is 2. The lowest BCUT2D eigenvalue weighted by Gasteiger charge is -1.99. The zero-order chi connectivity index (χ0) is 7.28. The van der Waals surface area contributed by atoms with Gasteiger partial charge in [0.05, 0.1) is 4.83 Å². The first-order valence-corrected chi connectivity index (χ1v) is 5.41. The number of hydrogen-bond donors (Lipinski definition) is 0. The largest absolute Gasteiger partial charge is 0.285 e. The van der Waals surface area contributed by atoms with Gasteiger partial charge in [-0.3, -0.25) is 4.79 Å². The molecule has 0 aromatic heterocycles. The molecular formula is C5H7Br3O. The van der Waals surface area contributed by atoms with Gasteiger partial charge in [-0.15, -0.1) is 0 Å². The van der Waals surface area contributed by atoms with Gasteiger partial charge in [-0.05, 0) is 28.8 Å². The maximum absolute atomic E-state index is 10.5. The molecule has 0 fully saturated rings. The highest BCUT2D eigenvalue weighted by Crippen LogP contribution is 2.12. The number of hydrogen-bond acceptors (Lipinski definition) is 1. The average molecular weight is 323 g/mol. The lowest BCUT2D eigenvalue weighted by Crippen LogP contribution is -2.05. The van der Waals surface area contributed by atoms with Crippen molar-refractivity contribution in [1.29, 1.82) is 0 Å². The second kappa shape index (κ2) is 5.86. The third-order valence-corrected chi connectivity index (χ3v) is 3.44. The maximum atomic E-state index is 10.5. The number of carbonyl (C=O) groups is 1. The van der Waals surface area contributed by atoms with Crippen molar-refractivity contribution < 1.29 is 4.79 Å². The van der Waals surface area contributed by atoms with Crippen molar-refractivity contribution in [3.63, 3.8) is 0 Å². The molecule has 0 heterocycles. The summed E-state index contributed by atoms with van der Waals surface area (Å²) in [6.45, 7) is 0. The zero-order valence-corrected chi connectivity index (χ0v) is 9.50. The van der Waals surface area contributed by atoms with Gasteiger partial charge in [-0.2, -0.15) is 0 Å². The van der Waals surface area contributed by atoms with Gasteiger partial charge in [-0.1, -0.05) is 31.9 Å². The molecule has 0 bridgehead atoms. The molecule has 0 saturated carbocycles. The van der Waals surface area contributed by atoms with Crippen molar-refractivity contribution in [2.45, 2.75) is 17.7 Å². The Morgan fingerprint density at radius 2 is 2.11 bits per heavy atom. The molecule has 4 heteroatoms. The highest BCUT2D eigenvalue weighted by molar-refractivity contribution is 9.20. The van der Waals surface area contributed by atoms with Crippen molar-refractivity contribution >= 4 is 52.5 Å². The van der Waals surface area contributed by atoms with E-state index in [0.29, 0.717) is 0 Å². The second-order valence-electron chi connectivity index (χ2n) is 1.60. The van der Waals surface area contributed by atoms with Crippen LogP contribution in [0.4, 0.5) is 0 Å². The molecule has 9 heavy (non-hydrogen) atoms. The van der Waals surface area contributed by atoms with Gasteiger partial charge in [-0.25, -0.2) is 0 Å². The maximum Gasteiger partial charge on any atom is 0.211 e. The van der Waals surface area contributed by atoms with E-state index in [0.717, 1.165) is 18.2 Å². The molecule has 0 aromatic rings. The minimum Gasteiger partial charge on any atom is -0.285 e. The summed E-state index contributed by atoms with van der Waals surface area (Å²) < 4.78 is 0.0310. The fraction of sp³-hybridized carbons (Fsp3) is 0.800. The number of rotatable bonds is 4. The molecule has 0 aliphatic carbocycles. The molecule has 1 atom stereocenters. The summed E-state index contributed by atoms with van der Waals surface area (Å²) in [6, 6.07) is 0. The molecule has 0 aliphatic rings. The Bertz CT molecular complexity index is 94.2. The lowest BCUT2D eigenvalue weighted by atomic mass is 10.3. The van der Waals surface area contributed by atoms with Gasteiger partial charge in [0.25, 0.3) is 0 Å². The molecule has 0 amide bonds. The monoisotopic (exact) mass is 320 g/mol. The average Bonchev–Trinajstić information content (AvgIpc) is 1.82. The molecule has 0 N–H and O–H groups in total. The Morgan fingerprint density at radius 1 is 1.56 bits per heavy atom. The molecule has 0 saturated heterocycles. The van der Waals surface area contributed by atoms with Crippen molar-refractivity contribution in [3.05, 3.63) is 0 Å². The van der Waals surface area contributed by atoms with Crippen LogP contribution in [0, 0.1) is 0 Å². The zero-order valence-electron chi connectivity index (χ0n) is 4.74. The highest BCUT2D eigenvalue weighted by atomic mass is 79.9. The van der Waals surface area contributed by atoms with Crippen LogP contribution in [0.25, 0.3) is 0 Å². The van der Waals surface area contributed by atoms with E-state index in [9.17, 15) is 4.79 Å². The lowest BCUT2D eigenvalue weighted by molar-refractivity contribution is -0.109. The van der Waals surface area contributed by atoms with Gasteiger partial charge >= 0.3 is 0 Å². The minimum atomic E-state index is -0.0185. The van der Waals surface area contributed by atoms with E-state index in [1.807, 2.05) is 0 Å². The van der Waals surface area contributed by atoms with Crippen LogP contribution in [0.5, 0.6) is 0 Å². The van der Waals surface area contributed by atoms with Gasteiger partial charge in [0.15, 0.2) is 0 Å². The fourth-order valence-electron chi connectivity index (χ4n) is 0.370. The van der Waals surface area contributed by atoms with Crippen LogP contribution in [-0.2, 0) is 4.79 Å². The number of halogens is 3. The second-order valence-corrected chi connectivity index (χ2v) is 4.28. The van der Waals surface area contributed by atoms with Crippen LogP contribution >= 0.6 is 47.8 Å². The van der Waals surface area contributed by atoms with Crippen LogP contribution < -0.4 is 0 Å². The third-order valence-electron chi connectivity index (χ3n) is 0.837. The Balaban J connectivity index is 3.27. The molecular weight excluding hydrogens is 316 g/mol. The van der Waals surface area contributed by atoms with E-state index in [2.05, 4.69) is 47.8 Å². The van der Waals surface area contributed by atoms with Crippen LogP contribution in [0.3, 0.4) is 0 Å². The quantitative estimate of drug-likeness (QED) is 0.574. The predicted molar refractivity (Wildman–Crippen MR) is 49.7 cm³/mol. The normalized spacial score (nSPS) is 13.2. The molecule has 0 aliphatic heterocycles. The summed E-state index contributed by atoms with van der Waals surface area (Å²) >= 11 is 9.37. The first kappa shape index (κ1) is 10.1. The SMILES string of the molecule is O=C(Br)[C@@H](Br)CCCBr. The first-order valence-electron chi connectivity index (χ1n) is 2.58. The molecule has 0 rings (SSSR count). The minimum absolute atomic E-state index is 0.0185. The fourth-order valence-corrected chi connectivity index (χ4v) is 1.25. The van der Waals surface area contributed by atoms with Gasteiger partial charge in [0.2, 0.25) is 4.69 Å². The Kier molecular flexibility index (Phi) is 6.59. The summed E-state index contributed by atoms with van der Waals surface area (Å²) in [6.07, 6.45) is 1.91. The van der Waals surface area contributed by atoms with Crippen molar-refractivity contribution in [2.24, 2.45) is 0 Å². The highest BCUT2D eigenvalue weighted by Gasteiger charge is 2.09. The van der Waals surface area contributed by atoms with E-state index in [1.165, 1.54) is 0 Å². The van der Waals surface area contributed by atoms with E-state index >= 15 is 0 Å². The third kappa shape index (κ3) is 5.55. The van der Waals surface area contributed by atoms with E-state index in [1.54, 1.807) is 0 Å². The van der Waals surface area contributed by atoms with Crippen LogP contribution in [0.15, 0.2) is 0 Å². The predicted octanol–water partition coefficient (Wildman–Crippen LogP) is 2.85. The summed E-state index contributed by atoms with van der Waals surface area (Å²) in [4.78, 5) is 10.5. The van der Waals surface area contributed by atoms with Crippen molar-refractivity contribution in [2.75, 3.05) is 5.33 Å². The molecule has 0 unspecified atom stereocenters. The van der Waals surface area contributed by atoms with Crippen LogP contribution in [0.1, 0.15) is 12.8 Å². The number of carbonyl (C=O) groups excluding carboxylic acids is 1. The van der Waals surface area contributed by atoms with Gasteiger partial charge in [0, 0.05) is 5.33 Å². The van der Waals surface area contributed by atoms with Gasteiger partial charge < -0.3 is 0 Å². The van der Waals surface area contributed by atoms with Crippen molar-refractivity contribution in [1.82, 2.24) is 0 Å². The molecule has 0 spiro atoms. The Labute approximate surface area is 80.0 Å². The summed E-state index contributed by atoms with van der Waals surface area (Å²) in [7, 11) is 0. The van der Waals surface area contributed by atoms with E-state index in [-0.39, 0.29) is 9.52 Å². The first-order chi connectivity index (χ1) is 4.18. The Hall–Kier alpha value is 1.11. The molecule has 0 aromatic carbocycles. The Morgan fingerprint density at radius 3 is 2.44 bits per heavy atom. The summed E-state index contributed by atoms with van der Waals surface area (Å²) in [5.41, 5.74) is 0. The van der Waals surface area contributed by atoms with Crippen molar-refractivity contribution in [3.8, 4) is 0 Å². The molecule has 1 nitrogen and oxygen atoms in total.